The van der Waals surface area contributed by atoms with Crippen molar-refractivity contribution in [1.82, 2.24) is 14.5 Å². The second-order valence-electron chi connectivity index (χ2n) is 7.67. The first-order valence-corrected chi connectivity index (χ1v) is 11.2. The van der Waals surface area contributed by atoms with Gasteiger partial charge < -0.3 is 9.67 Å². The number of hydrogen-bond donors (Lipinski definition) is 0. The number of likely N-dealkylation sites (N-methyl/N-ethyl adjacent to an activating group) is 1. The van der Waals surface area contributed by atoms with Crippen molar-refractivity contribution < 1.29 is 14.7 Å². The maximum atomic E-state index is 13.1. The first-order valence-electron chi connectivity index (χ1n) is 11.2. The maximum Gasteiger partial charge on any atom is 0.351 e. The van der Waals surface area contributed by atoms with Crippen molar-refractivity contribution in [2.45, 2.75) is 20.4 Å². The van der Waals surface area contributed by atoms with E-state index >= 15 is 0 Å². The zero-order valence-electron chi connectivity index (χ0n) is 19.3. The third kappa shape index (κ3) is 4.59. The van der Waals surface area contributed by atoms with Gasteiger partial charge in [-0.25, -0.2) is 9.78 Å². The van der Waals surface area contributed by atoms with Gasteiger partial charge in [0.1, 0.15) is 0 Å². The number of amides is 3. The SMILES string of the molecule is CCN1C(=O)N=C(c2ccccc2)/C(=C/C=C/c2c(-c3ccccc3)nc([O-])n(CC)c2=O)C1=O. The monoisotopic (exact) mass is 467 g/mol. The summed E-state index contributed by atoms with van der Waals surface area (Å²) in [7, 11) is 0. The van der Waals surface area contributed by atoms with Gasteiger partial charge in [-0.05, 0) is 26.0 Å². The minimum atomic E-state index is -0.620. The standard InChI is InChI=1S/C27H24N4O4/c1-3-30-24(32)20(22(28-26(30)34)18-12-7-5-8-13-18)16-11-17-21-23(19-14-9-6-10-15-19)29-27(35)31(4-2)25(21)33/h5-17H,3-4H2,1-2H3,(H,28,34)/p-1/b16-11+,21-17-. The molecule has 176 valence electrons. The van der Waals surface area contributed by atoms with E-state index in [1.165, 1.54) is 12.2 Å². The molecule has 3 amide bonds. The van der Waals surface area contributed by atoms with Crippen LogP contribution in [0.4, 0.5) is 4.79 Å². The maximum absolute atomic E-state index is 13.1. The fourth-order valence-corrected chi connectivity index (χ4v) is 3.83. The Bertz CT molecular complexity index is 1420. The molecule has 8 nitrogen and oxygen atoms in total. The van der Waals surface area contributed by atoms with Crippen molar-refractivity contribution >= 4 is 23.7 Å². The predicted molar refractivity (Wildman–Crippen MR) is 132 cm³/mol. The molecule has 0 spiro atoms. The molecule has 2 heterocycles. The summed E-state index contributed by atoms with van der Waals surface area (Å²) in [6.07, 6.45) is 4.60. The molecule has 2 aromatic carbocycles. The Morgan fingerprint density at radius 2 is 1.51 bits per heavy atom. The van der Waals surface area contributed by atoms with Crippen molar-refractivity contribution in [1.29, 1.82) is 0 Å². The lowest BCUT2D eigenvalue weighted by Gasteiger charge is -2.24. The number of allylic oxidation sites excluding steroid dienone is 2. The zero-order valence-corrected chi connectivity index (χ0v) is 19.3. The quantitative estimate of drug-likeness (QED) is 0.516. The van der Waals surface area contributed by atoms with Crippen molar-refractivity contribution in [2.75, 3.05) is 6.54 Å². The molecule has 4 rings (SSSR count). The van der Waals surface area contributed by atoms with E-state index in [1.54, 1.807) is 68.5 Å². The summed E-state index contributed by atoms with van der Waals surface area (Å²) < 4.78 is 1.05. The number of nitrogens with zero attached hydrogens (tertiary/aromatic N) is 4. The highest BCUT2D eigenvalue weighted by Gasteiger charge is 2.31. The second kappa shape index (κ2) is 10.1. The Balaban J connectivity index is 1.84. The van der Waals surface area contributed by atoms with Crippen LogP contribution in [0, 0.1) is 0 Å². The molecular formula is C27H23N4O4-. The van der Waals surface area contributed by atoms with Crippen molar-refractivity contribution in [3.8, 4) is 17.3 Å². The zero-order chi connectivity index (χ0) is 24.9. The summed E-state index contributed by atoms with van der Waals surface area (Å²) in [5.41, 5.74) is 1.74. The highest BCUT2D eigenvalue weighted by Crippen LogP contribution is 2.23. The average Bonchev–Trinajstić information content (AvgIpc) is 2.87. The lowest BCUT2D eigenvalue weighted by molar-refractivity contribution is -0.286. The van der Waals surface area contributed by atoms with Crippen molar-refractivity contribution in [3.05, 3.63) is 99.9 Å². The van der Waals surface area contributed by atoms with E-state index in [-0.39, 0.29) is 35.6 Å². The Hall–Kier alpha value is -4.59. The van der Waals surface area contributed by atoms with Gasteiger partial charge in [0.05, 0.1) is 28.6 Å². The van der Waals surface area contributed by atoms with Crippen LogP contribution in [0.1, 0.15) is 25.0 Å². The van der Waals surface area contributed by atoms with E-state index in [4.69, 9.17) is 0 Å². The molecule has 8 heteroatoms. The predicted octanol–water partition coefficient (Wildman–Crippen LogP) is 3.41. The Labute approximate surface area is 202 Å². The van der Waals surface area contributed by atoms with Gasteiger partial charge in [0.2, 0.25) is 0 Å². The molecule has 1 aliphatic rings. The minimum absolute atomic E-state index is 0.179. The normalized spacial score (nSPS) is 15.2. The van der Waals surface area contributed by atoms with Crippen LogP contribution >= 0.6 is 0 Å². The Morgan fingerprint density at radius 1 is 0.886 bits per heavy atom. The second-order valence-corrected chi connectivity index (χ2v) is 7.67. The minimum Gasteiger partial charge on any atom is -0.846 e. The largest absolute Gasteiger partial charge is 0.846 e. The molecule has 0 saturated heterocycles. The van der Waals surface area contributed by atoms with Crippen LogP contribution in [-0.2, 0) is 11.3 Å². The van der Waals surface area contributed by atoms with E-state index in [2.05, 4.69) is 9.98 Å². The number of imide groups is 1. The van der Waals surface area contributed by atoms with E-state index < -0.39 is 23.5 Å². The van der Waals surface area contributed by atoms with Crippen molar-refractivity contribution in [3.63, 3.8) is 0 Å². The Morgan fingerprint density at radius 3 is 2.11 bits per heavy atom. The third-order valence-corrected chi connectivity index (χ3v) is 5.59. The average molecular weight is 468 g/mol. The number of urea groups is 1. The smallest absolute Gasteiger partial charge is 0.351 e. The molecule has 0 aliphatic carbocycles. The van der Waals surface area contributed by atoms with Gasteiger partial charge in [-0.2, -0.15) is 4.99 Å². The summed E-state index contributed by atoms with van der Waals surface area (Å²) in [5.74, 6) is -0.474. The van der Waals surface area contributed by atoms with Crippen LogP contribution in [-0.4, -0.2) is 38.6 Å². The molecule has 35 heavy (non-hydrogen) atoms. The summed E-state index contributed by atoms with van der Waals surface area (Å²) in [4.78, 5) is 47.9. The molecule has 0 unspecified atom stereocenters. The molecule has 0 N–H and O–H groups in total. The van der Waals surface area contributed by atoms with Gasteiger partial charge in [0.15, 0.2) is 0 Å². The molecule has 0 radical (unpaired) electrons. The molecule has 0 fully saturated rings. The highest BCUT2D eigenvalue weighted by molar-refractivity contribution is 6.34. The first-order chi connectivity index (χ1) is 17.0. The van der Waals surface area contributed by atoms with Crippen LogP contribution in [0.3, 0.4) is 0 Å². The van der Waals surface area contributed by atoms with E-state index in [0.717, 1.165) is 9.47 Å². The third-order valence-electron chi connectivity index (χ3n) is 5.59. The molecule has 0 saturated carbocycles. The van der Waals surface area contributed by atoms with Gasteiger partial charge in [0.25, 0.3) is 11.5 Å². The van der Waals surface area contributed by atoms with E-state index in [9.17, 15) is 19.5 Å². The number of carbonyl (C=O) groups is 2. The number of aromatic nitrogens is 2. The number of carbonyl (C=O) groups excluding carboxylic acids is 2. The summed E-state index contributed by atoms with van der Waals surface area (Å²) in [5, 5.41) is 12.4. The molecule has 3 aromatic rings. The van der Waals surface area contributed by atoms with E-state index in [0.29, 0.717) is 11.1 Å². The van der Waals surface area contributed by atoms with E-state index in [1.807, 2.05) is 12.1 Å². The van der Waals surface area contributed by atoms with Crippen LogP contribution in [0.15, 0.2) is 88.2 Å². The number of aliphatic imine (C=N–C) groups is 1. The lowest BCUT2D eigenvalue weighted by atomic mass is 9.99. The van der Waals surface area contributed by atoms with Gasteiger partial charge in [0, 0.05) is 24.2 Å². The lowest BCUT2D eigenvalue weighted by Crippen LogP contribution is -2.42. The molecule has 1 aliphatic heterocycles. The molecule has 0 atom stereocenters. The van der Waals surface area contributed by atoms with Gasteiger partial charge in [-0.15, -0.1) is 0 Å². The fourth-order valence-electron chi connectivity index (χ4n) is 3.83. The van der Waals surface area contributed by atoms with Gasteiger partial charge >= 0.3 is 6.03 Å². The van der Waals surface area contributed by atoms with Crippen LogP contribution in [0.2, 0.25) is 0 Å². The topological polar surface area (TPSA) is 108 Å². The fraction of sp³-hybridized carbons (Fsp3) is 0.148. The van der Waals surface area contributed by atoms with Gasteiger partial charge in [-0.1, -0.05) is 66.7 Å². The molecular weight excluding hydrogens is 444 g/mol. The van der Waals surface area contributed by atoms with Crippen molar-refractivity contribution in [2.24, 2.45) is 4.99 Å². The number of hydrogen-bond acceptors (Lipinski definition) is 5. The highest BCUT2D eigenvalue weighted by atomic mass is 16.3. The van der Waals surface area contributed by atoms with Crippen LogP contribution < -0.4 is 10.7 Å². The summed E-state index contributed by atoms with van der Waals surface area (Å²) in [6, 6.07) is 16.7. The van der Waals surface area contributed by atoms with Gasteiger partial charge in [-0.3, -0.25) is 14.5 Å². The first kappa shape index (κ1) is 23.6. The summed E-state index contributed by atoms with van der Waals surface area (Å²) >= 11 is 0. The Kier molecular flexibility index (Phi) is 6.82. The summed E-state index contributed by atoms with van der Waals surface area (Å²) in [6.45, 7) is 3.75. The van der Waals surface area contributed by atoms with Crippen LogP contribution in [0.25, 0.3) is 17.3 Å². The van der Waals surface area contributed by atoms with Crippen LogP contribution in [0.5, 0.6) is 6.01 Å². The number of benzene rings is 2. The number of rotatable bonds is 6. The molecule has 1 aromatic heterocycles. The molecule has 0 bridgehead atoms.